The average Bonchev–Trinajstić information content (AvgIpc) is 2.66. The molecule has 1 aliphatic rings. The van der Waals surface area contributed by atoms with E-state index in [1.807, 2.05) is 0 Å². The van der Waals surface area contributed by atoms with E-state index in [0.717, 1.165) is 24.3 Å². The Balaban J connectivity index is 2.02. The molecule has 4 amide bonds. The Bertz CT molecular complexity index is 852. The largest absolute Gasteiger partial charge is 0.573 e. The molecule has 1 fully saturated rings. The van der Waals surface area contributed by atoms with E-state index in [1.54, 1.807) is 0 Å². The van der Waals surface area contributed by atoms with Crippen molar-refractivity contribution >= 4 is 23.5 Å². The lowest BCUT2D eigenvalue weighted by Gasteiger charge is -2.41. The van der Waals surface area contributed by atoms with Gasteiger partial charge in [0.2, 0.25) is 5.91 Å². The number of nitrogens with one attached hydrogen (secondary N) is 3. The molecular weight excluding hydrogens is 441 g/mol. The van der Waals surface area contributed by atoms with Crippen molar-refractivity contribution in [3.05, 3.63) is 24.3 Å². The van der Waals surface area contributed by atoms with Crippen LogP contribution < -0.4 is 26.4 Å². The highest BCUT2D eigenvalue weighted by atomic mass is 19.4. The summed E-state index contributed by atoms with van der Waals surface area (Å²) in [5.41, 5.74) is 2.91. The number of amides is 4. The lowest BCUT2D eigenvalue weighted by molar-refractivity contribution is -0.274. The molecule has 1 saturated carbocycles. The lowest BCUT2D eigenvalue weighted by Crippen LogP contribution is -2.64. The molecule has 8 N–H and O–H groups in total. The molecule has 1 aromatic rings. The molecule has 11 nitrogen and oxygen atoms in total. The quantitative estimate of drug-likeness (QED) is 0.291. The van der Waals surface area contributed by atoms with Crippen molar-refractivity contribution in [1.29, 1.82) is 0 Å². The molecule has 14 heteroatoms. The van der Waals surface area contributed by atoms with Gasteiger partial charge in [0.05, 0.1) is 12.1 Å². The molecule has 1 aliphatic carbocycles. The second-order valence-electron chi connectivity index (χ2n) is 7.37. The Hall–Kier alpha value is -3.10. The third kappa shape index (κ3) is 6.70. The molecule has 2 rings (SSSR count). The summed E-state index contributed by atoms with van der Waals surface area (Å²) in [6.45, 7) is 1.28. The summed E-state index contributed by atoms with van der Waals surface area (Å²) >= 11 is 0. The van der Waals surface area contributed by atoms with Crippen LogP contribution in [0.4, 0.5) is 23.7 Å². The first kappa shape index (κ1) is 25.2. The lowest BCUT2D eigenvalue weighted by atomic mass is 9.77. The van der Waals surface area contributed by atoms with Gasteiger partial charge in [-0.05, 0) is 31.2 Å². The van der Waals surface area contributed by atoms with E-state index >= 15 is 0 Å². The molecule has 0 spiro atoms. The van der Waals surface area contributed by atoms with Crippen molar-refractivity contribution in [3.8, 4) is 5.75 Å². The van der Waals surface area contributed by atoms with Crippen LogP contribution in [0.2, 0.25) is 0 Å². The predicted octanol–water partition coefficient (Wildman–Crippen LogP) is -0.688. The number of nitrogens with two attached hydrogens (primary N) is 1. The number of benzene rings is 1. The summed E-state index contributed by atoms with van der Waals surface area (Å²) in [5.74, 6) is -2.39. The maximum absolute atomic E-state index is 12.4. The minimum absolute atomic E-state index is 0.0751. The van der Waals surface area contributed by atoms with Gasteiger partial charge in [0.1, 0.15) is 23.5 Å². The fourth-order valence-corrected chi connectivity index (χ4v) is 3.10. The van der Waals surface area contributed by atoms with Gasteiger partial charge in [-0.1, -0.05) is 0 Å². The minimum atomic E-state index is -4.87. The maximum atomic E-state index is 12.4. The highest BCUT2D eigenvalue weighted by molar-refractivity contribution is 5.91. The Morgan fingerprint density at radius 3 is 2.31 bits per heavy atom. The third-order valence-electron chi connectivity index (χ3n) is 4.77. The van der Waals surface area contributed by atoms with E-state index in [1.165, 1.54) is 6.92 Å². The van der Waals surface area contributed by atoms with Crippen molar-refractivity contribution in [3.63, 3.8) is 0 Å². The number of aliphatic hydroxyl groups is 3. The van der Waals surface area contributed by atoms with Crippen LogP contribution >= 0.6 is 0 Å². The molecule has 1 aromatic carbocycles. The van der Waals surface area contributed by atoms with Crippen LogP contribution in [0.1, 0.15) is 19.8 Å². The number of primary amides is 1. The first-order valence-electron chi connectivity index (χ1n) is 9.32. The SMILES string of the molecule is CC(NC(=O)C1(O)CC(O)C(O)C(NC(=O)Nc2ccc(OC(F)(F)F)cc2)C1)C(N)=O. The van der Waals surface area contributed by atoms with Gasteiger partial charge < -0.3 is 41.7 Å². The smallest absolute Gasteiger partial charge is 0.406 e. The van der Waals surface area contributed by atoms with Crippen molar-refractivity contribution in [1.82, 2.24) is 10.6 Å². The van der Waals surface area contributed by atoms with Crippen LogP contribution in [0, 0.1) is 0 Å². The van der Waals surface area contributed by atoms with Gasteiger partial charge in [-0.3, -0.25) is 9.59 Å². The zero-order valence-corrected chi connectivity index (χ0v) is 16.7. The van der Waals surface area contributed by atoms with Gasteiger partial charge in [0.25, 0.3) is 5.91 Å². The molecule has 32 heavy (non-hydrogen) atoms. The molecule has 0 bridgehead atoms. The van der Waals surface area contributed by atoms with Crippen molar-refractivity contribution in [2.75, 3.05) is 5.32 Å². The van der Waals surface area contributed by atoms with E-state index in [9.17, 15) is 42.9 Å². The first-order valence-corrected chi connectivity index (χ1v) is 9.32. The Morgan fingerprint density at radius 1 is 1.19 bits per heavy atom. The fraction of sp³-hybridized carbons (Fsp3) is 0.500. The molecule has 0 aliphatic heterocycles. The van der Waals surface area contributed by atoms with Gasteiger partial charge in [-0.25, -0.2) is 4.79 Å². The summed E-state index contributed by atoms with van der Waals surface area (Å²) < 4.78 is 40.3. The van der Waals surface area contributed by atoms with Gasteiger partial charge in [-0.15, -0.1) is 13.2 Å². The molecule has 5 unspecified atom stereocenters. The molecule has 0 heterocycles. The topological polar surface area (TPSA) is 183 Å². The molecule has 5 atom stereocenters. The highest BCUT2D eigenvalue weighted by Crippen LogP contribution is 2.30. The summed E-state index contributed by atoms with van der Waals surface area (Å²) in [5, 5.41) is 37.6. The van der Waals surface area contributed by atoms with E-state index in [0.29, 0.717) is 0 Å². The Morgan fingerprint density at radius 2 is 1.78 bits per heavy atom. The van der Waals surface area contributed by atoms with Gasteiger partial charge in [0, 0.05) is 18.5 Å². The Kier molecular flexibility index (Phi) is 7.54. The van der Waals surface area contributed by atoms with Crippen LogP contribution in [0.25, 0.3) is 0 Å². The van der Waals surface area contributed by atoms with E-state index in [4.69, 9.17) is 5.73 Å². The Labute approximate surface area is 179 Å². The summed E-state index contributed by atoms with van der Waals surface area (Å²) in [4.78, 5) is 35.7. The van der Waals surface area contributed by atoms with Crippen LogP contribution in [0.3, 0.4) is 0 Å². The zero-order valence-electron chi connectivity index (χ0n) is 16.7. The van der Waals surface area contributed by atoms with Gasteiger partial charge in [-0.2, -0.15) is 0 Å². The zero-order chi connectivity index (χ0) is 24.3. The van der Waals surface area contributed by atoms with Crippen molar-refractivity contribution in [2.45, 2.75) is 56.0 Å². The number of halogens is 3. The second-order valence-corrected chi connectivity index (χ2v) is 7.37. The number of hydrogen-bond donors (Lipinski definition) is 7. The van der Waals surface area contributed by atoms with Crippen LogP contribution in [0.5, 0.6) is 5.75 Å². The fourth-order valence-electron chi connectivity index (χ4n) is 3.10. The van der Waals surface area contributed by atoms with Crippen LogP contribution in [-0.2, 0) is 9.59 Å². The number of carbonyl (C=O) groups excluding carboxylic acids is 3. The first-order chi connectivity index (χ1) is 14.7. The summed E-state index contributed by atoms with van der Waals surface area (Å²) in [6.07, 6.45) is -9.07. The normalized spacial score (nSPS) is 26.5. The van der Waals surface area contributed by atoms with E-state index in [-0.39, 0.29) is 5.69 Å². The molecule has 0 radical (unpaired) electrons. The maximum Gasteiger partial charge on any atom is 0.573 e. The van der Waals surface area contributed by atoms with Gasteiger partial charge >= 0.3 is 12.4 Å². The van der Waals surface area contributed by atoms with Crippen molar-refractivity contribution in [2.24, 2.45) is 5.73 Å². The number of aliphatic hydroxyl groups excluding tert-OH is 2. The van der Waals surface area contributed by atoms with Crippen molar-refractivity contribution < 1.29 is 47.6 Å². The number of carbonyl (C=O) groups is 3. The number of ether oxygens (including phenoxy) is 1. The monoisotopic (exact) mass is 464 g/mol. The second kappa shape index (κ2) is 9.58. The molecular formula is C18H23F3N4O7. The highest BCUT2D eigenvalue weighted by Gasteiger charge is 2.49. The number of alkyl halides is 3. The van der Waals surface area contributed by atoms with Gasteiger partial charge in [0.15, 0.2) is 0 Å². The van der Waals surface area contributed by atoms with E-state index in [2.05, 4.69) is 20.7 Å². The summed E-state index contributed by atoms with van der Waals surface area (Å²) in [7, 11) is 0. The average molecular weight is 464 g/mol. The molecule has 0 saturated heterocycles. The number of hydrogen-bond acceptors (Lipinski definition) is 7. The number of anilines is 1. The standard InChI is InChI=1S/C18H23F3N4O7/c1-8(14(22)28)23-15(29)17(31)6-11(13(27)12(26)7-17)25-16(30)24-9-2-4-10(5-3-9)32-18(19,20)21/h2-5,8,11-13,26-27,31H,6-7H2,1H3,(H2,22,28)(H,23,29)(H2,24,25,30). The summed E-state index contributed by atoms with van der Waals surface area (Å²) in [6, 6.07) is 0.849. The number of rotatable bonds is 6. The predicted molar refractivity (Wildman–Crippen MR) is 102 cm³/mol. The van der Waals surface area contributed by atoms with Crippen LogP contribution in [-0.4, -0.2) is 69.4 Å². The van der Waals surface area contributed by atoms with E-state index < -0.39 is 72.7 Å². The molecule has 0 aromatic heterocycles. The minimum Gasteiger partial charge on any atom is -0.406 e. The number of urea groups is 1. The molecule has 178 valence electrons. The van der Waals surface area contributed by atoms with Crippen LogP contribution in [0.15, 0.2) is 24.3 Å². The third-order valence-corrected chi connectivity index (χ3v) is 4.77.